The molecule has 2 aromatic carbocycles. The van der Waals surface area contributed by atoms with E-state index in [2.05, 4.69) is 5.16 Å². The maximum Gasteiger partial charge on any atom is 0.301 e. The van der Waals surface area contributed by atoms with Crippen LogP contribution in [0.25, 0.3) is 5.76 Å². The molecule has 1 amide bonds. The van der Waals surface area contributed by atoms with Crippen molar-refractivity contribution in [2.45, 2.75) is 13.0 Å². The highest BCUT2D eigenvalue weighted by Gasteiger charge is 2.48. The van der Waals surface area contributed by atoms with E-state index in [0.29, 0.717) is 27.7 Å². The number of aliphatic hydroxyl groups is 1. The smallest absolute Gasteiger partial charge is 0.301 e. The van der Waals surface area contributed by atoms with Gasteiger partial charge in [-0.25, -0.2) is 0 Å². The molecule has 1 aromatic heterocycles. The van der Waals surface area contributed by atoms with Gasteiger partial charge in [0.05, 0.1) is 18.7 Å². The summed E-state index contributed by atoms with van der Waals surface area (Å²) in [6, 6.07) is 13.9. The second-order valence-electron chi connectivity index (χ2n) is 6.74. The minimum Gasteiger partial charge on any atom is -0.507 e. The molecule has 1 fully saturated rings. The normalized spacial score (nSPS) is 18.1. The summed E-state index contributed by atoms with van der Waals surface area (Å²) in [5.41, 5.74) is 0.923. The molecule has 30 heavy (non-hydrogen) atoms. The van der Waals surface area contributed by atoms with Gasteiger partial charge in [0.1, 0.15) is 17.3 Å². The van der Waals surface area contributed by atoms with Crippen LogP contribution in [0.1, 0.15) is 22.9 Å². The van der Waals surface area contributed by atoms with E-state index in [1.807, 2.05) is 0 Å². The molecular formula is C22H17ClN2O5. The fourth-order valence-corrected chi connectivity index (χ4v) is 3.53. The van der Waals surface area contributed by atoms with E-state index in [4.69, 9.17) is 20.9 Å². The van der Waals surface area contributed by atoms with E-state index in [1.54, 1.807) is 68.6 Å². The monoisotopic (exact) mass is 424 g/mol. The number of ketones is 1. The molecule has 1 saturated heterocycles. The molecule has 0 unspecified atom stereocenters. The van der Waals surface area contributed by atoms with Crippen LogP contribution in [0.5, 0.6) is 5.75 Å². The van der Waals surface area contributed by atoms with Crippen LogP contribution >= 0.6 is 11.6 Å². The first-order valence-electron chi connectivity index (χ1n) is 9.05. The molecule has 4 rings (SSSR count). The Morgan fingerprint density at radius 1 is 1.13 bits per heavy atom. The Balaban J connectivity index is 1.92. The summed E-state index contributed by atoms with van der Waals surface area (Å²) in [5.74, 6) is -0.633. The second-order valence-corrected chi connectivity index (χ2v) is 7.18. The standard InChI is InChI=1S/C22H17ClN2O5/c1-12-11-17(24-30-12)25-19(13-5-9-16(29-2)10-6-13)18(21(27)22(25)28)20(26)14-3-7-15(23)8-4-14/h3-11,19,26H,1-2H3/t19-/m0/s1. The van der Waals surface area contributed by atoms with Crippen molar-refractivity contribution in [2.24, 2.45) is 0 Å². The number of Topliss-reactive ketones (excluding diaryl/α,β-unsaturated/α-hetero) is 1. The summed E-state index contributed by atoms with van der Waals surface area (Å²) >= 11 is 5.93. The van der Waals surface area contributed by atoms with Gasteiger partial charge in [0, 0.05) is 16.7 Å². The van der Waals surface area contributed by atoms with Crippen LogP contribution in [0, 0.1) is 6.92 Å². The van der Waals surface area contributed by atoms with Crippen molar-refractivity contribution in [3.05, 3.63) is 82.1 Å². The Morgan fingerprint density at radius 2 is 1.80 bits per heavy atom. The fraction of sp³-hybridized carbons (Fsp3) is 0.136. The molecule has 0 aliphatic carbocycles. The van der Waals surface area contributed by atoms with E-state index < -0.39 is 17.7 Å². The van der Waals surface area contributed by atoms with Gasteiger partial charge >= 0.3 is 5.91 Å². The topological polar surface area (TPSA) is 92.9 Å². The molecule has 1 atom stereocenters. The number of aliphatic hydroxyl groups excluding tert-OH is 1. The highest BCUT2D eigenvalue weighted by atomic mass is 35.5. The molecule has 152 valence electrons. The molecule has 8 heteroatoms. The SMILES string of the molecule is COc1ccc([C@H]2C(=C(O)c3ccc(Cl)cc3)C(=O)C(=O)N2c2cc(C)on2)cc1. The van der Waals surface area contributed by atoms with Crippen LogP contribution in [0.15, 0.2) is 64.7 Å². The number of carbonyl (C=O) groups is 2. The number of aryl methyl sites for hydroxylation is 1. The van der Waals surface area contributed by atoms with Gasteiger partial charge in [0.15, 0.2) is 5.82 Å². The fourth-order valence-electron chi connectivity index (χ4n) is 3.40. The average molecular weight is 425 g/mol. The number of halogens is 1. The number of hydrogen-bond donors (Lipinski definition) is 1. The molecule has 1 N–H and O–H groups in total. The summed E-state index contributed by atoms with van der Waals surface area (Å²) in [6.45, 7) is 1.68. The van der Waals surface area contributed by atoms with Crippen molar-refractivity contribution in [3.63, 3.8) is 0 Å². The van der Waals surface area contributed by atoms with Crippen molar-refractivity contribution in [1.82, 2.24) is 5.16 Å². The van der Waals surface area contributed by atoms with Gasteiger partial charge in [-0.15, -0.1) is 0 Å². The van der Waals surface area contributed by atoms with E-state index in [9.17, 15) is 14.7 Å². The third-order valence-electron chi connectivity index (χ3n) is 4.86. The number of nitrogens with zero attached hydrogens (tertiary/aromatic N) is 2. The quantitative estimate of drug-likeness (QED) is 0.382. The van der Waals surface area contributed by atoms with Gasteiger partial charge in [-0.3, -0.25) is 14.5 Å². The van der Waals surface area contributed by atoms with Gasteiger partial charge in [0.25, 0.3) is 5.78 Å². The van der Waals surface area contributed by atoms with Gasteiger partial charge in [-0.05, 0) is 48.9 Å². The maximum atomic E-state index is 13.0. The predicted octanol–water partition coefficient (Wildman–Crippen LogP) is 4.27. The Labute approximate surface area is 177 Å². The van der Waals surface area contributed by atoms with Crippen LogP contribution in [-0.4, -0.2) is 29.1 Å². The number of aromatic nitrogens is 1. The first-order valence-corrected chi connectivity index (χ1v) is 9.42. The molecule has 0 radical (unpaired) electrons. The highest BCUT2D eigenvalue weighted by Crippen LogP contribution is 2.42. The van der Waals surface area contributed by atoms with Gasteiger partial charge in [-0.2, -0.15) is 0 Å². The van der Waals surface area contributed by atoms with Gasteiger partial charge in [-0.1, -0.05) is 28.9 Å². The van der Waals surface area contributed by atoms with Crippen LogP contribution < -0.4 is 9.64 Å². The molecule has 3 aromatic rings. The molecule has 7 nitrogen and oxygen atoms in total. The lowest BCUT2D eigenvalue weighted by molar-refractivity contribution is -0.132. The number of amides is 1. The summed E-state index contributed by atoms with van der Waals surface area (Å²) < 4.78 is 10.3. The number of benzene rings is 2. The second kappa shape index (κ2) is 7.68. The zero-order chi connectivity index (χ0) is 21.4. The molecule has 1 aliphatic rings. The minimum atomic E-state index is -0.893. The van der Waals surface area contributed by atoms with Crippen LogP contribution in [0.2, 0.25) is 5.02 Å². The number of ether oxygens (including phenoxy) is 1. The third kappa shape index (κ3) is 3.33. The summed E-state index contributed by atoms with van der Waals surface area (Å²) in [4.78, 5) is 27.1. The molecule has 1 aliphatic heterocycles. The molecule has 2 heterocycles. The average Bonchev–Trinajstić information content (AvgIpc) is 3.29. The lowest BCUT2D eigenvalue weighted by Crippen LogP contribution is -2.29. The number of rotatable bonds is 4. The molecule has 0 spiro atoms. The van der Waals surface area contributed by atoms with Crippen molar-refractivity contribution >= 4 is 34.9 Å². The molecular weight excluding hydrogens is 408 g/mol. The van der Waals surface area contributed by atoms with Gasteiger partial charge < -0.3 is 14.4 Å². The van der Waals surface area contributed by atoms with E-state index in [-0.39, 0.29) is 17.2 Å². The Morgan fingerprint density at radius 3 is 2.37 bits per heavy atom. The van der Waals surface area contributed by atoms with Crippen LogP contribution in [0.3, 0.4) is 0 Å². The highest BCUT2D eigenvalue weighted by molar-refractivity contribution is 6.51. The van der Waals surface area contributed by atoms with E-state index in [0.717, 1.165) is 0 Å². The Kier molecular flexibility index (Phi) is 5.05. The van der Waals surface area contributed by atoms with Crippen LogP contribution in [-0.2, 0) is 9.59 Å². The zero-order valence-electron chi connectivity index (χ0n) is 16.1. The van der Waals surface area contributed by atoms with E-state index >= 15 is 0 Å². The summed E-state index contributed by atoms with van der Waals surface area (Å²) in [5, 5.41) is 15.4. The zero-order valence-corrected chi connectivity index (χ0v) is 16.9. The largest absolute Gasteiger partial charge is 0.507 e. The van der Waals surface area contributed by atoms with Crippen molar-refractivity contribution in [3.8, 4) is 5.75 Å². The lowest BCUT2D eigenvalue weighted by Gasteiger charge is -2.23. The Bertz CT molecular complexity index is 1150. The number of hydrogen-bond acceptors (Lipinski definition) is 6. The van der Waals surface area contributed by atoms with Crippen molar-refractivity contribution in [2.75, 3.05) is 12.0 Å². The number of carbonyl (C=O) groups excluding carboxylic acids is 2. The van der Waals surface area contributed by atoms with Crippen molar-refractivity contribution in [1.29, 1.82) is 0 Å². The predicted molar refractivity (Wildman–Crippen MR) is 110 cm³/mol. The summed E-state index contributed by atoms with van der Waals surface area (Å²) in [6.07, 6.45) is 0. The maximum absolute atomic E-state index is 13.0. The van der Waals surface area contributed by atoms with Crippen LogP contribution in [0.4, 0.5) is 5.82 Å². The lowest BCUT2D eigenvalue weighted by atomic mass is 9.95. The van der Waals surface area contributed by atoms with Crippen molar-refractivity contribution < 1.29 is 24.0 Å². The third-order valence-corrected chi connectivity index (χ3v) is 5.11. The first kappa shape index (κ1) is 19.7. The molecule has 0 bridgehead atoms. The summed E-state index contributed by atoms with van der Waals surface area (Å²) in [7, 11) is 1.54. The first-order chi connectivity index (χ1) is 14.4. The molecule has 0 saturated carbocycles. The number of anilines is 1. The minimum absolute atomic E-state index is 0.0480. The van der Waals surface area contributed by atoms with E-state index in [1.165, 1.54) is 4.90 Å². The van der Waals surface area contributed by atoms with Gasteiger partial charge in [0.2, 0.25) is 0 Å². The Hall–Kier alpha value is -3.58. The number of methoxy groups -OCH3 is 1.